The summed E-state index contributed by atoms with van der Waals surface area (Å²) in [7, 11) is 6.23. The second-order valence-corrected chi connectivity index (χ2v) is 5.57. The summed E-state index contributed by atoms with van der Waals surface area (Å²) in [6.07, 6.45) is 1.22. The Balaban J connectivity index is 2.10. The van der Waals surface area contributed by atoms with Gasteiger partial charge in [-0.25, -0.2) is 0 Å². The van der Waals surface area contributed by atoms with Gasteiger partial charge in [0.25, 0.3) is 0 Å². The van der Waals surface area contributed by atoms with Crippen LogP contribution in [0.25, 0.3) is 6.08 Å². The Kier molecular flexibility index (Phi) is 4.90. The van der Waals surface area contributed by atoms with Crippen molar-refractivity contribution in [1.29, 1.82) is 5.26 Å². The van der Waals surface area contributed by atoms with Crippen molar-refractivity contribution in [3.8, 4) is 34.8 Å². The predicted molar refractivity (Wildman–Crippen MR) is 96.1 cm³/mol. The highest BCUT2D eigenvalue weighted by Crippen LogP contribution is 2.44. The van der Waals surface area contributed by atoms with Gasteiger partial charge in [0.15, 0.2) is 17.6 Å². The first-order valence-corrected chi connectivity index (χ1v) is 7.91. The van der Waals surface area contributed by atoms with Crippen molar-refractivity contribution in [3.63, 3.8) is 0 Å². The summed E-state index contributed by atoms with van der Waals surface area (Å²) in [5.41, 5.74) is 2.03. The summed E-state index contributed by atoms with van der Waals surface area (Å²) in [6.45, 7) is 0. The van der Waals surface area contributed by atoms with E-state index in [1.807, 2.05) is 18.2 Å². The molecule has 0 spiro atoms. The van der Waals surface area contributed by atoms with Crippen LogP contribution in [0, 0.1) is 11.3 Å². The molecule has 0 radical (unpaired) electrons. The summed E-state index contributed by atoms with van der Waals surface area (Å²) >= 11 is 0. The van der Waals surface area contributed by atoms with Crippen molar-refractivity contribution < 1.29 is 23.7 Å². The molecule has 1 atom stereocenters. The number of fused-ring (bicyclic) bond motifs is 1. The Morgan fingerprint density at radius 1 is 0.923 bits per heavy atom. The second-order valence-electron chi connectivity index (χ2n) is 5.57. The fourth-order valence-electron chi connectivity index (χ4n) is 2.89. The maximum absolute atomic E-state index is 9.59. The molecular weight excluding hydrogens is 334 g/mol. The van der Waals surface area contributed by atoms with E-state index in [9.17, 15) is 5.26 Å². The Labute approximate surface area is 152 Å². The van der Waals surface area contributed by atoms with Crippen molar-refractivity contribution in [3.05, 3.63) is 47.0 Å². The van der Waals surface area contributed by atoms with Crippen LogP contribution in [0.5, 0.6) is 28.7 Å². The van der Waals surface area contributed by atoms with Crippen molar-refractivity contribution in [1.82, 2.24) is 0 Å². The number of rotatable bonds is 5. The molecule has 0 fully saturated rings. The van der Waals surface area contributed by atoms with E-state index in [4.69, 9.17) is 23.7 Å². The highest BCUT2D eigenvalue weighted by atomic mass is 16.5. The van der Waals surface area contributed by atoms with E-state index in [-0.39, 0.29) is 0 Å². The predicted octanol–water partition coefficient (Wildman–Crippen LogP) is 3.76. The van der Waals surface area contributed by atoms with Gasteiger partial charge in [0.2, 0.25) is 5.75 Å². The van der Waals surface area contributed by atoms with Gasteiger partial charge in [-0.1, -0.05) is 0 Å². The maximum Gasteiger partial charge on any atom is 0.203 e. The molecule has 1 heterocycles. The quantitative estimate of drug-likeness (QED) is 0.815. The number of ether oxygens (including phenoxy) is 5. The highest BCUT2D eigenvalue weighted by Gasteiger charge is 2.27. The number of methoxy groups -OCH3 is 4. The zero-order valence-electron chi connectivity index (χ0n) is 15.0. The number of nitrogens with zero attached hydrogens (tertiary/aromatic N) is 1. The van der Waals surface area contributed by atoms with Crippen LogP contribution >= 0.6 is 0 Å². The van der Waals surface area contributed by atoms with Gasteiger partial charge in [0.05, 0.1) is 40.1 Å². The van der Waals surface area contributed by atoms with Gasteiger partial charge in [-0.05, 0) is 30.3 Å². The number of nitriles is 1. The first-order chi connectivity index (χ1) is 12.6. The van der Waals surface area contributed by atoms with Crippen molar-refractivity contribution in [2.24, 2.45) is 0 Å². The smallest absolute Gasteiger partial charge is 0.203 e. The van der Waals surface area contributed by atoms with Crippen LogP contribution in [0.3, 0.4) is 0 Å². The SMILES string of the molecule is COc1ccc2c(c1)OC(c1cc(OC)c(OC)c(OC)c1)C(C#N)=C2. The zero-order chi connectivity index (χ0) is 18.7. The Bertz CT molecular complexity index is 873. The Morgan fingerprint density at radius 3 is 2.15 bits per heavy atom. The maximum atomic E-state index is 9.59. The van der Waals surface area contributed by atoms with E-state index in [1.165, 1.54) is 0 Å². The van der Waals surface area contributed by atoms with Gasteiger partial charge in [-0.15, -0.1) is 0 Å². The molecule has 0 aromatic heterocycles. The molecule has 0 bridgehead atoms. The van der Waals surface area contributed by atoms with E-state index >= 15 is 0 Å². The van der Waals surface area contributed by atoms with Crippen molar-refractivity contribution in [2.45, 2.75) is 6.10 Å². The van der Waals surface area contributed by atoms with Crippen molar-refractivity contribution in [2.75, 3.05) is 28.4 Å². The molecule has 134 valence electrons. The molecule has 1 aliphatic rings. The lowest BCUT2D eigenvalue weighted by molar-refractivity contribution is 0.240. The van der Waals surface area contributed by atoms with Crippen LogP contribution in [0.1, 0.15) is 17.2 Å². The molecule has 0 aliphatic carbocycles. The second kappa shape index (κ2) is 7.28. The van der Waals surface area contributed by atoms with E-state index in [0.29, 0.717) is 34.3 Å². The van der Waals surface area contributed by atoms with Crippen LogP contribution in [0.4, 0.5) is 0 Å². The van der Waals surface area contributed by atoms with Crippen molar-refractivity contribution >= 4 is 6.08 Å². The third-order valence-electron chi connectivity index (χ3n) is 4.18. The zero-order valence-corrected chi connectivity index (χ0v) is 15.0. The van der Waals surface area contributed by atoms with Crippen LogP contribution in [-0.2, 0) is 0 Å². The standard InChI is InChI=1S/C20H19NO5/c1-22-15-6-5-12-7-14(11-21)19(26-16(12)10-15)13-8-17(23-2)20(25-4)18(9-13)24-3/h5-10,19H,1-4H3. The molecule has 26 heavy (non-hydrogen) atoms. The van der Waals surface area contributed by atoms with E-state index in [1.54, 1.807) is 46.6 Å². The van der Waals surface area contributed by atoms with Gasteiger partial charge in [-0.3, -0.25) is 0 Å². The van der Waals surface area contributed by atoms with Gasteiger partial charge in [-0.2, -0.15) is 5.26 Å². The average molecular weight is 353 g/mol. The van der Waals surface area contributed by atoms with Crippen LogP contribution in [0.2, 0.25) is 0 Å². The Hall–Kier alpha value is -3.33. The molecule has 0 amide bonds. The summed E-state index contributed by atoms with van der Waals surface area (Å²) in [6, 6.07) is 11.3. The molecule has 1 unspecified atom stereocenters. The fourth-order valence-corrected chi connectivity index (χ4v) is 2.89. The van der Waals surface area contributed by atoms with Gasteiger partial charge in [0, 0.05) is 17.2 Å². The van der Waals surface area contributed by atoms with Gasteiger partial charge in [0.1, 0.15) is 11.5 Å². The van der Waals surface area contributed by atoms with Crippen LogP contribution in [0.15, 0.2) is 35.9 Å². The molecule has 0 N–H and O–H groups in total. The third kappa shape index (κ3) is 3.00. The molecule has 1 aliphatic heterocycles. The monoisotopic (exact) mass is 353 g/mol. The first kappa shape index (κ1) is 17.5. The normalized spacial score (nSPS) is 15.0. The minimum absolute atomic E-state index is 0.483. The summed E-state index contributed by atoms with van der Waals surface area (Å²) in [5.74, 6) is 2.81. The summed E-state index contributed by atoms with van der Waals surface area (Å²) in [5, 5.41) is 9.59. The first-order valence-electron chi connectivity index (χ1n) is 7.91. The third-order valence-corrected chi connectivity index (χ3v) is 4.18. The minimum atomic E-state index is -0.590. The molecule has 0 saturated heterocycles. The molecule has 0 saturated carbocycles. The molecule has 2 aromatic carbocycles. The lowest BCUT2D eigenvalue weighted by Gasteiger charge is -2.26. The molecule has 6 heteroatoms. The lowest BCUT2D eigenvalue weighted by Crippen LogP contribution is -2.14. The largest absolute Gasteiger partial charge is 0.497 e. The molecule has 6 nitrogen and oxygen atoms in total. The molecule has 2 aromatic rings. The average Bonchev–Trinajstić information content (AvgIpc) is 2.70. The molecule has 3 rings (SSSR count). The minimum Gasteiger partial charge on any atom is -0.497 e. The number of benzene rings is 2. The summed E-state index contributed by atoms with van der Waals surface area (Å²) < 4.78 is 27.5. The summed E-state index contributed by atoms with van der Waals surface area (Å²) in [4.78, 5) is 0. The topological polar surface area (TPSA) is 69.9 Å². The van der Waals surface area contributed by atoms with E-state index < -0.39 is 6.10 Å². The van der Waals surface area contributed by atoms with Crippen LogP contribution in [-0.4, -0.2) is 28.4 Å². The highest BCUT2D eigenvalue weighted by molar-refractivity contribution is 5.69. The van der Waals surface area contributed by atoms with Gasteiger partial charge >= 0.3 is 0 Å². The molecular formula is C20H19NO5. The Morgan fingerprint density at radius 2 is 1.62 bits per heavy atom. The van der Waals surface area contributed by atoms with Crippen LogP contribution < -0.4 is 23.7 Å². The van der Waals surface area contributed by atoms with E-state index in [0.717, 1.165) is 11.1 Å². The lowest BCUT2D eigenvalue weighted by atomic mass is 9.96. The number of hydrogen-bond acceptors (Lipinski definition) is 6. The van der Waals surface area contributed by atoms with Gasteiger partial charge < -0.3 is 23.7 Å². The fraction of sp³-hybridized carbons (Fsp3) is 0.250. The number of hydrogen-bond donors (Lipinski definition) is 0. The van der Waals surface area contributed by atoms with E-state index in [2.05, 4.69) is 6.07 Å².